The highest BCUT2D eigenvalue weighted by atomic mass is 35.5. The molecule has 8 nitrogen and oxygen atoms in total. The Hall–Kier alpha value is -1.97. The molecule has 3 rings (SSSR count). The van der Waals surface area contributed by atoms with Crippen LogP contribution >= 0.6 is 11.6 Å². The first-order chi connectivity index (χ1) is 13.6. The van der Waals surface area contributed by atoms with Crippen LogP contribution in [0.4, 0.5) is 5.69 Å². The van der Waals surface area contributed by atoms with Gasteiger partial charge in [-0.05, 0) is 31.0 Å². The van der Waals surface area contributed by atoms with Crippen LogP contribution in [0.2, 0.25) is 5.02 Å². The number of carbonyl (C=O) groups is 1. The normalized spacial score (nSPS) is 15.6. The number of nitrogens with zero attached hydrogens (tertiary/aromatic N) is 3. The molecule has 1 aromatic heterocycles. The summed E-state index contributed by atoms with van der Waals surface area (Å²) in [5.74, 6) is 0.688. The van der Waals surface area contributed by atoms with Crippen molar-refractivity contribution in [2.75, 3.05) is 18.4 Å². The second-order valence-corrected chi connectivity index (χ2v) is 10.4. The number of aryl methyl sites for hydroxylation is 1. The van der Waals surface area contributed by atoms with E-state index >= 15 is 0 Å². The van der Waals surface area contributed by atoms with Gasteiger partial charge in [0.1, 0.15) is 4.90 Å². The number of hydrogen-bond donors (Lipinski definition) is 1. The zero-order valence-electron chi connectivity index (χ0n) is 16.7. The average Bonchev–Trinajstić information content (AvgIpc) is 3.33. The van der Waals surface area contributed by atoms with Gasteiger partial charge in [-0.25, -0.2) is 8.42 Å². The van der Waals surface area contributed by atoms with E-state index in [-0.39, 0.29) is 27.7 Å². The first kappa shape index (κ1) is 21.7. The van der Waals surface area contributed by atoms with Gasteiger partial charge in [-0.15, -0.1) is 0 Å². The Bertz CT molecular complexity index is 992. The molecule has 1 amide bonds. The number of sulfonamides is 1. The SMILES string of the molecule is CC(C)(C)c1noc(CCC(=O)Nc2ccc(Cl)c(S(=O)(=O)N3CCCC3)c2)n1. The number of anilines is 1. The average molecular weight is 441 g/mol. The summed E-state index contributed by atoms with van der Waals surface area (Å²) in [5, 5.41) is 6.78. The number of carbonyl (C=O) groups excluding carboxylic acids is 1. The van der Waals surface area contributed by atoms with E-state index in [0.29, 0.717) is 36.9 Å². The molecular weight excluding hydrogens is 416 g/mol. The Labute approximate surface area is 175 Å². The van der Waals surface area contributed by atoms with Crippen molar-refractivity contribution in [1.82, 2.24) is 14.4 Å². The molecule has 0 bridgehead atoms. The lowest BCUT2D eigenvalue weighted by atomic mass is 9.96. The number of nitrogens with one attached hydrogen (secondary N) is 1. The highest BCUT2D eigenvalue weighted by molar-refractivity contribution is 7.89. The minimum Gasteiger partial charge on any atom is -0.339 e. The number of benzene rings is 1. The summed E-state index contributed by atoms with van der Waals surface area (Å²) >= 11 is 6.13. The number of amides is 1. The van der Waals surface area contributed by atoms with Crippen LogP contribution in [0.1, 0.15) is 51.7 Å². The highest BCUT2D eigenvalue weighted by Gasteiger charge is 2.29. The quantitative estimate of drug-likeness (QED) is 0.738. The van der Waals surface area contributed by atoms with Gasteiger partial charge in [-0.3, -0.25) is 4.79 Å². The third-order valence-corrected chi connectivity index (χ3v) is 6.98. The number of halogens is 1. The molecule has 1 aromatic carbocycles. The van der Waals surface area contributed by atoms with Gasteiger partial charge in [-0.2, -0.15) is 9.29 Å². The minimum atomic E-state index is -3.68. The lowest BCUT2D eigenvalue weighted by molar-refractivity contribution is -0.116. The van der Waals surface area contributed by atoms with Gasteiger partial charge in [0.2, 0.25) is 21.8 Å². The topological polar surface area (TPSA) is 105 Å². The van der Waals surface area contributed by atoms with Crippen LogP contribution in [-0.2, 0) is 26.7 Å². The Balaban J connectivity index is 1.65. The van der Waals surface area contributed by atoms with E-state index in [0.717, 1.165) is 12.8 Å². The Morgan fingerprint density at radius 2 is 1.97 bits per heavy atom. The van der Waals surface area contributed by atoms with E-state index in [4.69, 9.17) is 16.1 Å². The largest absolute Gasteiger partial charge is 0.339 e. The monoisotopic (exact) mass is 440 g/mol. The number of aromatic nitrogens is 2. The second kappa shape index (κ2) is 8.41. The summed E-state index contributed by atoms with van der Waals surface area (Å²) in [4.78, 5) is 16.6. The smallest absolute Gasteiger partial charge is 0.244 e. The second-order valence-electron chi connectivity index (χ2n) is 8.07. The summed E-state index contributed by atoms with van der Waals surface area (Å²) in [6.07, 6.45) is 2.09. The Morgan fingerprint density at radius 3 is 2.59 bits per heavy atom. The van der Waals surface area contributed by atoms with E-state index in [1.54, 1.807) is 6.07 Å². The maximum Gasteiger partial charge on any atom is 0.244 e. The number of rotatable bonds is 6. The van der Waals surface area contributed by atoms with E-state index in [2.05, 4.69) is 15.5 Å². The van der Waals surface area contributed by atoms with Gasteiger partial charge in [0, 0.05) is 37.0 Å². The summed E-state index contributed by atoms with van der Waals surface area (Å²) in [6.45, 7) is 6.89. The van der Waals surface area contributed by atoms with Crippen LogP contribution < -0.4 is 5.32 Å². The lowest BCUT2D eigenvalue weighted by Gasteiger charge is -2.17. The fourth-order valence-electron chi connectivity index (χ4n) is 2.95. The Morgan fingerprint density at radius 1 is 1.28 bits per heavy atom. The molecule has 1 saturated heterocycles. The molecule has 1 aliphatic heterocycles. The van der Waals surface area contributed by atoms with Crippen LogP contribution in [0.5, 0.6) is 0 Å². The third-order valence-electron chi connectivity index (χ3n) is 4.60. The molecule has 0 spiro atoms. The van der Waals surface area contributed by atoms with Crippen LogP contribution in [0.25, 0.3) is 0 Å². The van der Waals surface area contributed by atoms with E-state index in [1.165, 1.54) is 16.4 Å². The predicted molar refractivity (Wildman–Crippen MR) is 109 cm³/mol. The van der Waals surface area contributed by atoms with Gasteiger partial charge in [0.05, 0.1) is 5.02 Å². The van der Waals surface area contributed by atoms with Crippen molar-refractivity contribution in [1.29, 1.82) is 0 Å². The standard InChI is InChI=1S/C19H25ClN4O4S/c1-19(2,3)18-22-17(28-23-18)9-8-16(25)21-13-6-7-14(20)15(12-13)29(26,27)24-10-4-5-11-24/h6-7,12H,4-5,8-11H2,1-3H3,(H,21,25). The highest BCUT2D eigenvalue weighted by Crippen LogP contribution is 2.29. The maximum absolute atomic E-state index is 12.8. The van der Waals surface area contributed by atoms with Crippen molar-refractivity contribution < 1.29 is 17.7 Å². The van der Waals surface area contributed by atoms with E-state index in [9.17, 15) is 13.2 Å². The van der Waals surface area contributed by atoms with Crippen molar-refractivity contribution in [3.05, 3.63) is 34.9 Å². The third kappa shape index (κ3) is 5.15. The fraction of sp³-hybridized carbons (Fsp3) is 0.526. The molecule has 2 aromatic rings. The van der Waals surface area contributed by atoms with Gasteiger partial charge >= 0.3 is 0 Å². The van der Waals surface area contributed by atoms with Crippen molar-refractivity contribution in [2.24, 2.45) is 0 Å². The Kier molecular flexibility index (Phi) is 6.30. The maximum atomic E-state index is 12.8. The first-order valence-corrected chi connectivity index (χ1v) is 11.3. The molecule has 2 heterocycles. The zero-order chi connectivity index (χ0) is 21.2. The van der Waals surface area contributed by atoms with E-state index < -0.39 is 10.0 Å². The van der Waals surface area contributed by atoms with Gasteiger partial charge in [-0.1, -0.05) is 37.5 Å². The molecule has 0 unspecified atom stereocenters. The van der Waals surface area contributed by atoms with Crippen LogP contribution in [0.3, 0.4) is 0 Å². The van der Waals surface area contributed by atoms with Crippen molar-refractivity contribution in [3.8, 4) is 0 Å². The molecule has 1 aliphatic rings. The van der Waals surface area contributed by atoms with Gasteiger partial charge in [0.25, 0.3) is 0 Å². The summed E-state index contributed by atoms with van der Waals surface area (Å²) < 4.78 is 32.2. The fourth-order valence-corrected chi connectivity index (χ4v) is 4.97. The molecule has 0 aliphatic carbocycles. The molecule has 0 saturated carbocycles. The molecule has 10 heteroatoms. The number of hydrogen-bond acceptors (Lipinski definition) is 6. The van der Waals surface area contributed by atoms with Crippen LogP contribution in [0.15, 0.2) is 27.6 Å². The van der Waals surface area contributed by atoms with Crippen molar-refractivity contribution in [3.63, 3.8) is 0 Å². The molecular formula is C19H25ClN4O4S. The van der Waals surface area contributed by atoms with Crippen molar-refractivity contribution >= 4 is 33.2 Å². The molecule has 158 valence electrons. The lowest BCUT2D eigenvalue weighted by Crippen LogP contribution is -2.28. The van der Waals surface area contributed by atoms with Crippen LogP contribution in [0, 0.1) is 0 Å². The van der Waals surface area contributed by atoms with E-state index in [1.807, 2.05) is 20.8 Å². The molecule has 0 atom stereocenters. The zero-order valence-corrected chi connectivity index (χ0v) is 18.3. The minimum absolute atomic E-state index is 0.00517. The van der Waals surface area contributed by atoms with Gasteiger partial charge in [0.15, 0.2) is 5.82 Å². The first-order valence-electron chi connectivity index (χ1n) is 9.50. The molecule has 1 N–H and O–H groups in total. The van der Waals surface area contributed by atoms with Gasteiger partial charge < -0.3 is 9.84 Å². The van der Waals surface area contributed by atoms with Crippen LogP contribution in [-0.4, -0.2) is 41.9 Å². The molecule has 29 heavy (non-hydrogen) atoms. The summed E-state index contributed by atoms with van der Waals surface area (Å²) in [7, 11) is -3.68. The predicted octanol–water partition coefficient (Wildman–Crippen LogP) is 3.38. The summed E-state index contributed by atoms with van der Waals surface area (Å²) in [5.41, 5.74) is 0.142. The molecule has 1 fully saturated rings. The summed E-state index contributed by atoms with van der Waals surface area (Å²) in [6, 6.07) is 4.46. The molecule has 0 radical (unpaired) electrons. The van der Waals surface area contributed by atoms with Crippen molar-refractivity contribution in [2.45, 2.75) is 56.8 Å².